The molecule has 6 heteroatoms. The Kier molecular flexibility index (Phi) is 2.33. The fourth-order valence-corrected chi connectivity index (χ4v) is 0.219. The van der Waals surface area contributed by atoms with Crippen LogP contribution in [0.3, 0.4) is 0 Å². The number of hydrogen-bond acceptors (Lipinski definition) is 5. The van der Waals surface area contributed by atoms with Crippen molar-refractivity contribution < 1.29 is 29.6 Å². The lowest BCUT2D eigenvalue weighted by Gasteiger charge is -2.13. The van der Waals surface area contributed by atoms with E-state index in [9.17, 15) is 9.59 Å². The van der Waals surface area contributed by atoms with Gasteiger partial charge in [0.1, 0.15) is 0 Å². The number of esters is 1. The maximum Gasteiger partial charge on any atom is 0.421 e. The molecule has 58 valence electrons. The molecule has 0 bridgehead atoms. The first-order chi connectivity index (χ1) is 4.33. The van der Waals surface area contributed by atoms with Crippen LogP contribution in [-0.4, -0.2) is 33.2 Å². The zero-order chi connectivity index (χ0) is 8.36. The number of carboxylic acid groups (broad SMARTS) is 1. The van der Waals surface area contributed by atoms with Gasteiger partial charge in [-0.25, -0.2) is 9.59 Å². The van der Waals surface area contributed by atoms with Gasteiger partial charge < -0.3 is 20.1 Å². The van der Waals surface area contributed by atoms with Crippen molar-refractivity contribution in [1.82, 2.24) is 0 Å². The van der Waals surface area contributed by atoms with Crippen molar-refractivity contribution in [2.75, 3.05) is 0 Å². The van der Waals surface area contributed by atoms with Gasteiger partial charge >= 0.3 is 17.9 Å². The minimum Gasteiger partial charge on any atom is -0.473 e. The predicted molar refractivity (Wildman–Crippen MR) is 26.6 cm³/mol. The van der Waals surface area contributed by atoms with Crippen LogP contribution in [0.25, 0.3) is 0 Å². The minimum absolute atomic E-state index is 0.716. The smallest absolute Gasteiger partial charge is 0.421 e. The third-order valence-electron chi connectivity index (χ3n) is 0.461. The third-order valence-corrected chi connectivity index (χ3v) is 0.461. The summed E-state index contributed by atoms with van der Waals surface area (Å²) in [4.78, 5) is 19.7. The molecule has 0 spiro atoms. The molecular formula is C4H6O6. The van der Waals surface area contributed by atoms with E-state index >= 15 is 0 Å². The Hall–Kier alpha value is -1.14. The van der Waals surface area contributed by atoms with Gasteiger partial charge in [0.15, 0.2) is 0 Å². The lowest BCUT2D eigenvalue weighted by atomic mass is 10.6. The first kappa shape index (κ1) is 8.86. The van der Waals surface area contributed by atoms with Crippen LogP contribution in [0.2, 0.25) is 0 Å². The lowest BCUT2D eigenvalue weighted by Crippen LogP contribution is -2.33. The second-order valence-electron chi connectivity index (χ2n) is 1.63. The Bertz CT molecular complexity index is 154. The molecular weight excluding hydrogens is 144 g/mol. The van der Waals surface area contributed by atoms with E-state index in [0.29, 0.717) is 6.92 Å². The lowest BCUT2D eigenvalue weighted by molar-refractivity contribution is -0.306. The normalized spacial score (nSPS) is 10.7. The second kappa shape index (κ2) is 2.63. The molecule has 0 aromatic heterocycles. The molecule has 0 aromatic rings. The quantitative estimate of drug-likeness (QED) is 0.233. The van der Waals surface area contributed by atoms with Crippen LogP contribution >= 0.6 is 0 Å². The van der Waals surface area contributed by atoms with E-state index in [4.69, 9.17) is 15.3 Å². The molecule has 0 aliphatic carbocycles. The van der Waals surface area contributed by atoms with Gasteiger partial charge in [-0.05, 0) is 0 Å². The highest BCUT2D eigenvalue weighted by atomic mass is 16.8. The van der Waals surface area contributed by atoms with Crippen LogP contribution in [-0.2, 0) is 14.3 Å². The number of rotatable bonds is 1. The molecule has 0 radical (unpaired) electrons. The van der Waals surface area contributed by atoms with E-state index in [1.807, 2.05) is 0 Å². The van der Waals surface area contributed by atoms with Crippen molar-refractivity contribution in [2.24, 2.45) is 0 Å². The zero-order valence-corrected chi connectivity index (χ0v) is 5.07. The van der Waals surface area contributed by atoms with Crippen LogP contribution < -0.4 is 0 Å². The summed E-state index contributed by atoms with van der Waals surface area (Å²) in [6.45, 7) is 0.716. The molecule has 0 saturated carbocycles. The van der Waals surface area contributed by atoms with Gasteiger partial charge in [-0.1, -0.05) is 0 Å². The molecule has 0 aliphatic heterocycles. The number of hydrogen-bond donors (Lipinski definition) is 3. The van der Waals surface area contributed by atoms with Gasteiger partial charge in [-0.2, -0.15) is 0 Å². The molecule has 3 N–H and O–H groups in total. The van der Waals surface area contributed by atoms with Crippen LogP contribution in [0.1, 0.15) is 6.92 Å². The molecule has 0 amide bonds. The Labute approximate surface area is 55.7 Å². The number of ether oxygens (including phenoxy) is 1. The average Bonchev–Trinajstić information content (AvgIpc) is 1.60. The summed E-state index contributed by atoms with van der Waals surface area (Å²) < 4.78 is 3.57. The Morgan fingerprint density at radius 2 is 1.80 bits per heavy atom. The highest BCUT2D eigenvalue weighted by Crippen LogP contribution is 1.98. The summed E-state index contributed by atoms with van der Waals surface area (Å²) in [5.41, 5.74) is 0. The third kappa shape index (κ3) is 3.81. The van der Waals surface area contributed by atoms with Crippen LogP contribution in [0.5, 0.6) is 0 Å². The van der Waals surface area contributed by atoms with Gasteiger partial charge in [0.2, 0.25) is 0 Å². The topological polar surface area (TPSA) is 104 Å². The van der Waals surface area contributed by atoms with Crippen LogP contribution in [0.15, 0.2) is 0 Å². The molecule has 6 nitrogen and oxygen atoms in total. The molecule has 0 aliphatic rings. The van der Waals surface area contributed by atoms with Gasteiger partial charge in [0.05, 0.1) is 0 Å². The fraction of sp³-hybridized carbons (Fsp3) is 0.500. The number of carboxylic acids is 1. The van der Waals surface area contributed by atoms with Crippen LogP contribution in [0.4, 0.5) is 0 Å². The van der Waals surface area contributed by atoms with E-state index in [2.05, 4.69) is 4.74 Å². The summed E-state index contributed by atoms with van der Waals surface area (Å²) in [6.07, 6.45) is 0. The summed E-state index contributed by atoms with van der Waals surface area (Å²) in [7, 11) is 0. The Balaban J connectivity index is 3.93. The maximum atomic E-state index is 10.0. The Morgan fingerprint density at radius 3 is 1.90 bits per heavy atom. The molecule has 0 rings (SSSR count). The molecule has 0 fully saturated rings. The van der Waals surface area contributed by atoms with E-state index in [1.165, 1.54) is 0 Å². The first-order valence-electron chi connectivity index (χ1n) is 2.24. The SMILES string of the molecule is CC(O)(O)OC(=O)C(=O)O. The largest absolute Gasteiger partial charge is 0.473 e. The number of carbonyl (C=O) groups is 2. The standard InChI is InChI=1S/C4H6O6/c1-4(8,9)10-3(7)2(5)6/h8-9H,1H3,(H,5,6). The number of carbonyl (C=O) groups excluding carboxylic acids is 1. The van der Waals surface area contributed by atoms with Gasteiger partial charge in [0.25, 0.3) is 0 Å². The van der Waals surface area contributed by atoms with Crippen molar-refractivity contribution >= 4 is 11.9 Å². The van der Waals surface area contributed by atoms with Crippen molar-refractivity contribution in [3.05, 3.63) is 0 Å². The van der Waals surface area contributed by atoms with Gasteiger partial charge in [0, 0.05) is 6.92 Å². The summed E-state index contributed by atoms with van der Waals surface area (Å²) in [6, 6.07) is 0. The summed E-state index contributed by atoms with van der Waals surface area (Å²) in [5.74, 6) is -6.32. The fourth-order valence-electron chi connectivity index (χ4n) is 0.219. The van der Waals surface area contributed by atoms with E-state index in [1.54, 1.807) is 0 Å². The highest BCUT2D eigenvalue weighted by Gasteiger charge is 2.25. The van der Waals surface area contributed by atoms with Crippen molar-refractivity contribution in [2.45, 2.75) is 12.9 Å². The number of aliphatic carboxylic acids is 1. The summed E-state index contributed by atoms with van der Waals surface area (Å²) >= 11 is 0. The molecule has 0 atom stereocenters. The molecule has 0 saturated heterocycles. The molecule has 0 aromatic carbocycles. The van der Waals surface area contributed by atoms with E-state index in [-0.39, 0.29) is 0 Å². The van der Waals surface area contributed by atoms with E-state index < -0.39 is 17.9 Å². The summed E-state index contributed by atoms with van der Waals surface area (Å²) in [5, 5.41) is 24.4. The second-order valence-corrected chi connectivity index (χ2v) is 1.63. The predicted octanol–water partition coefficient (Wildman–Crippen LogP) is -1.73. The maximum absolute atomic E-state index is 10.0. The van der Waals surface area contributed by atoms with Crippen molar-refractivity contribution in [3.8, 4) is 0 Å². The molecule has 10 heavy (non-hydrogen) atoms. The van der Waals surface area contributed by atoms with E-state index in [0.717, 1.165) is 0 Å². The van der Waals surface area contributed by atoms with Crippen molar-refractivity contribution in [1.29, 1.82) is 0 Å². The molecule has 0 unspecified atom stereocenters. The zero-order valence-electron chi connectivity index (χ0n) is 5.07. The first-order valence-corrected chi connectivity index (χ1v) is 2.24. The Morgan fingerprint density at radius 1 is 1.40 bits per heavy atom. The van der Waals surface area contributed by atoms with Crippen molar-refractivity contribution in [3.63, 3.8) is 0 Å². The molecule has 0 heterocycles. The van der Waals surface area contributed by atoms with Gasteiger partial charge in [-0.3, -0.25) is 0 Å². The van der Waals surface area contributed by atoms with Crippen LogP contribution in [0, 0.1) is 0 Å². The highest BCUT2D eigenvalue weighted by molar-refractivity contribution is 6.28. The average molecular weight is 150 g/mol. The van der Waals surface area contributed by atoms with Gasteiger partial charge in [-0.15, -0.1) is 0 Å². The monoisotopic (exact) mass is 150 g/mol. The number of aliphatic hydroxyl groups is 2. The minimum atomic E-state index is -2.73.